The molecule has 3 aromatic rings. The van der Waals surface area contributed by atoms with Crippen LogP contribution >= 0.6 is 0 Å². The lowest BCUT2D eigenvalue weighted by Gasteiger charge is -2.25. The van der Waals surface area contributed by atoms with Gasteiger partial charge in [0.25, 0.3) is 11.7 Å². The van der Waals surface area contributed by atoms with Crippen LogP contribution in [0, 0.1) is 0 Å². The lowest BCUT2D eigenvalue weighted by molar-refractivity contribution is -0.132. The molecule has 1 fully saturated rings. The molecule has 1 atom stereocenters. The van der Waals surface area contributed by atoms with Crippen LogP contribution in [0.25, 0.3) is 5.76 Å². The van der Waals surface area contributed by atoms with E-state index in [1.54, 1.807) is 54.6 Å². The summed E-state index contributed by atoms with van der Waals surface area (Å²) in [5.41, 5.74) is 0.770. The molecular weight excluding hydrogens is 462 g/mol. The van der Waals surface area contributed by atoms with Crippen molar-refractivity contribution in [3.63, 3.8) is 0 Å². The molecule has 0 radical (unpaired) electrons. The van der Waals surface area contributed by atoms with Crippen molar-refractivity contribution in [2.24, 2.45) is 0 Å². The van der Waals surface area contributed by atoms with E-state index in [0.717, 1.165) is 19.3 Å². The van der Waals surface area contributed by atoms with Gasteiger partial charge in [-0.15, -0.1) is 0 Å². The zero-order chi connectivity index (χ0) is 25.1. The summed E-state index contributed by atoms with van der Waals surface area (Å²) in [6, 6.07) is 14.2. The molecule has 5 rings (SSSR count). The molecule has 1 N–H and O–H groups in total. The van der Waals surface area contributed by atoms with Gasteiger partial charge in [0, 0.05) is 17.3 Å². The second-order valence-electron chi connectivity index (χ2n) is 8.59. The number of hydrogen-bond donors (Lipinski definition) is 1. The summed E-state index contributed by atoms with van der Waals surface area (Å²) in [6.45, 7) is 3.56. The zero-order valence-electron chi connectivity index (χ0n) is 19.9. The van der Waals surface area contributed by atoms with Crippen molar-refractivity contribution < 1.29 is 33.3 Å². The number of hydrogen-bond acceptors (Lipinski definition) is 7. The van der Waals surface area contributed by atoms with Gasteiger partial charge in [-0.2, -0.15) is 0 Å². The SMILES string of the molecule is CCCCCOc1ccc(/C(O)=C2/C(=O)C(=O)N(c3ccc4c(c3)OCCO4)C2c2ccco2)cc1. The minimum absolute atomic E-state index is 0.0542. The summed E-state index contributed by atoms with van der Waals surface area (Å²) >= 11 is 0. The third-order valence-corrected chi connectivity index (χ3v) is 6.21. The zero-order valence-corrected chi connectivity index (χ0v) is 19.9. The summed E-state index contributed by atoms with van der Waals surface area (Å²) in [7, 11) is 0. The van der Waals surface area contributed by atoms with Crippen molar-refractivity contribution in [2.45, 2.75) is 32.2 Å². The van der Waals surface area contributed by atoms with Crippen LogP contribution < -0.4 is 19.1 Å². The molecule has 36 heavy (non-hydrogen) atoms. The van der Waals surface area contributed by atoms with Gasteiger partial charge >= 0.3 is 0 Å². The van der Waals surface area contributed by atoms with Gasteiger partial charge in [-0.25, -0.2) is 0 Å². The quantitative estimate of drug-likeness (QED) is 0.200. The first-order valence-electron chi connectivity index (χ1n) is 12.1. The van der Waals surface area contributed by atoms with Gasteiger partial charge in [-0.1, -0.05) is 19.8 Å². The van der Waals surface area contributed by atoms with Crippen LogP contribution in [0.5, 0.6) is 17.2 Å². The van der Waals surface area contributed by atoms with Crippen LogP contribution in [0.3, 0.4) is 0 Å². The lowest BCUT2D eigenvalue weighted by atomic mass is 9.99. The molecular formula is C28H27NO7. The molecule has 0 bridgehead atoms. The number of Topliss-reactive ketones (excluding diaryl/α,β-unsaturated/α-hetero) is 1. The first-order valence-corrected chi connectivity index (χ1v) is 12.1. The maximum atomic E-state index is 13.2. The highest BCUT2D eigenvalue weighted by Gasteiger charge is 2.48. The molecule has 3 heterocycles. The Morgan fingerprint density at radius 3 is 2.53 bits per heavy atom. The Balaban J connectivity index is 1.51. The fourth-order valence-corrected chi connectivity index (χ4v) is 4.40. The van der Waals surface area contributed by atoms with E-state index in [4.69, 9.17) is 18.6 Å². The predicted octanol–water partition coefficient (Wildman–Crippen LogP) is 5.25. The van der Waals surface area contributed by atoms with E-state index in [-0.39, 0.29) is 11.3 Å². The fourth-order valence-electron chi connectivity index (χ4n) is 4.40. The van der Waals surface area contributed by atoms with Gasteiger partial charge in [0.2, 0.25) is 0 Å². The van der Waals surface area contributed by atoms with Gasteiger partial charge in [0.15, 0.2) is 11.5 Å². The minimum atomic E-state index is -0.951. The Kier molecular flexibility index (Phi) is 6.66. The lowest BCUT2D eigenvalue weighted by Crippen LogP contribution is -2.29. The number of nitrogens with zero attached hydrogens (tertiary/aromatic N) is 1. The number of unbranched alkanes of at least 4 members (excludes halogenated alkanes) is 2. The number of fused-ring (bicyclic) bond motifs is 1. The van der Waals surface area contributed by atoms with Crippen LogP contribution in [0.1, 0.15) is 43.6 Å². The molecule has 8 nitrogen and oxygen atoms in total. The van der Waals surface area contributed by atoms with Crippen LogP contribution in [-0.4, -0.2) is 36.6 Å². The van der Waals surface area contributed by atoms with Crippen molar-refractivity contribution in [3.05, 3.63) is 77.8 Å². The predicted molar refractivity (Wildman–Crippen MR) is 132 cm³/mol. The van der Waals surface area contributed by atoms with E-state index in [9.17, 15) is 14.7 Å². The molecule has 2 aromatic carbocycles. The second-order valence-corrected chi connectivity index (χ2v) is 8.59. The van der Waals surface area contributed by atoms with E-state index in [1.165, 1.54) is 11.2 Å². The van der Waals surface area contributed by atoms with Gasteiger partial charge in [0.05, 0.1) is 18.4 Å². The summed E-state index contributed by atoms with van der Waals surface area (Å²) < 4.78 is 22.6. The number of aliphatic hydroxyl groups excluding tert-OH is 1. The average molecular weight is 490 g/mol. The third-order valence-electron chi connectivity index (χ3n) is 6.21. The Hall–Kier alpha value is -4.20. The molecule has 8 heteroatoms. The van der Waals surface area contributed by atoms with E-state index in [0.29, 0.717) is 54.1 Å². The summed E-state index contributed by atoms with van der Waals surface area (Å²) in [6.07, 6.45) is 4.63. The fraction of sp³-hybridized carbons (Fsp3) is 0.286. The number of furan rings is 1. The molecule has 1 unspecified atom stereocenters. The molecule has 2 aliphatic heterocycles. The molecule has 0 spiro atoms. The van der Waals surface area contributed by atoms with Crippen LogP contribution in [0.4, 0.5) is 5.69 Å². The van der Waals surface area contributed by atoms with Crippen LogP contribution in [-0.2, 0) is 9.59 Å². The molecule has 0 aliphatic carbocycles. The highest BCUT2D eigenvalue weighted by molar-refractivity contribution is 6.51. The van der Waals surface area contributed by atoms with Crippen molar-refractivity contribution in [2.75, 3.05) is 24.7 Å². The number of rotatable bonds is 8. The minimum Gasteiger partial charge on any atom is -0.507 e. The topological polar surface area (TPSA) is 98.4 Å². The van der Waals surface area contributed by atoms with Gasteiger partial charge < -0.3 is 23.7 Å². The van der Waals surface area contributed by atoms with Crippen molar-refractivity contribution in [3.8, 4) is 17.2 Å². The number of carbonyl (C=O) groups is 2. The highest BCUT2D eigenvalue weighted by atomic mass is 16.6. The number of carbonyl (C=O) groups excluding carboxylic acids is 2. The van der Waals surface area contributed by atoms with Crippen LogP contribution in [0.2, 0.25) is 0 Å². The second kappa shape index (κ2) is 10.2. The van der Waals surface area contributed by atoms with Gasteiger partial charge in [-0.05, 0) is 55.0 Å². The Morgan fingerprint density at radius 2 is 1.81 bits per heavy atom. The number of ether oxygens (including phenoxy) is 3. The van der Waals surface area contributed by atoms with Gasteiger partial charge in [0.1, 0.15) is 36.5 Å². The molecule has 186 valence electrons. The smallest absolute Gasteiger partial charge is 0.300 e. The molecule has 1 amide bonds. The largest absolute Gasteiger partial charge is 0.507 e. The van der Waals surface area contributed by atoms with Crippen molar-refractivity contribution >= 4 is 23.1 Å². The molecule has 0 saturated carbocycles. The Morgan fingerprint density at radius 1 is 1.03 bits per heavy atom. The highest BCUT2D eigenvalue weighted by Crippen LogP contribution is 2.44. The van der Waals surface area contributed by atoms with E-state index in [1.807, 2.05) is 0 Å². The normalized spacial score (nSPS) is 18.5. The Labute approximate surface area is 208 Å². The van der Waals surface area contributed by atoms with E-state index in [2.05, 4.69) is 6.92 Å². The number of aliphatic hydroxyl groups is 1. The average Bonchev–Trinajstić information content (AvgIpc) is 3.53. The Bertz CT molecular complexity index is 1280. The monoisotopic (exact) mass is 489 g/mol. The molecule has 1 aromatic heterocycles. The van der Waals surface area contributed by atoms with Gasteiger partial charge in [-0.3, -0.25) is 14.5 Å². The number of amides is 1. The molecule has 2 aliphatic rings. The van der Waals surface area contributed by atoms with E-state index >= 15 is 0 Å². The first kappa shape index (κ1) is 23.5. The number of ketones is 1. The van der Waals surface area contributed by atoms with Crippen LogP contribution in [0.15, 0.2) is 70.9 Å². The van der Waals surface area contributed by atoms with Crippen molar-refractivity contribution in [1.29, 1.82) is 0 Å². The summed E-state index contributed by atoms with van der Waals surface area (Å²) in [5.74, 6) is 0.200. The van der Waals surface area contributed by atoms with E-state index < -0.39 is 17.7 Å². The summed E-state index contributed by atoms with van der Waals surface area (Å²) in [5, 5.41) is 11.2. The standard InChI is InChI=1S/C28H27NO7/c1-2-3-4-13-33-20-10-7-18(8-11-20)26(30)24-25(22-6-5-14-34-22)29(28(32)27(24)31)19-9-12-21-23(17-19)36-16-15-35-21/h5-12,14,17,25,30H,2-4,13,15-16H2,1H3/b26-24-. The molecule has 1 saturated heterocycles. The summed E-state index contributed by atoms with van der Waals surface area (Å²) in [4.78, 5) is 27.8. The first-order chi connectivity index (χ1) is 17.6. The maximum absolute atomic E-state index is 13.2. The number of anilines is 1. The maximum Gasteiger partial charge on any atom is 0.300 e. The number of benzene rings is 2. The third kappa shape index (κ3) is 4.42. The van der Waals surface area contributed by atoms with Crippen molar-refractivity contribution in [1.82, 2.24) is 0 Å².